The number of nitrogens with zero attached hydrogens (tertiary/aromatic N) is 6. The SMILES string of the molecule is Cc1ncsc1-c1ccc(CNC(=O)[C@@H]2CCCN2C(=O)[C@@H](NC(=O)c2ccc(OCCCOCCCCCOc3ncc(N4C(=S)N(c5ccc(C#N)c(C(F)(F)F)c5F)C(=O)C4(C)C)cc3C(F)(F)F)cc2)C(C)(C)C)cc1. The summed E-state index contributed by atoms with van der Waals surface area (Å²) in [5, 5.41) is 14.4. The summed E-state index contributed by atoms with van der Waals surface area (Å²) in [6.07, 6.45) is -6.28. The Morgan fingerprint density at radius 2 is 1.57 bits per heavy atom. The molecule has 2 N–H and O–H groups in total. The number of amides is 4. The van der Waals surface area contributed by atoms with Crippen molar-refractivity contribution in [3.63, 3.8) is 0 Å². The number of aromatic nitrogens is 2. The van der Waals surface area contributed by atoms with E-state index < -0.39 is 86.4 Å². The summed E-state index contributed by atoms with van der Waals surface area (Å²) in [6, 6.07) is 16.1. The molecule has 4 heterocycles. The third-order valence-electron chi connectivity index (χ3n) is 13.5. The number of hydrogen-bond acceptors (Lipinski definition) is 12. The molecule has 15 nitrogen and oxygen atoms in total. The molecule has 2 aromatic heterocycles. The Labute approximate surface area is 467 Å². The van der Waals surface area contributed by atoms with Gasteiger partial charge in [0, 0.05) is 38.3 Å². The van der Waals surface area contributed by atoms with Crippen LogP contribution in [0.2, 0.25) is 0 Å². The van der Waals surface area contributed by atoms with Crippen LogP contribution in [0.15, 0.2) is 78.4 Å². The summed E-state index contributed by atoms with van der Waals surface area (Å²) in [7, 11) is 0. The maximum atomic E-state index is 15.4. The molecular weight excluding hydrogens is 1090 g/mol. The minimum absolute atomic E-state index is 0.149. The van der Waals surface area contributed by atoms with Crippen LogP contribution in [0.4, 0.5) is 42.1 Å². The van der Waals surface area contributed by atoms with Crippen molar-refractivity contribution in [1.82, 2.24) is 25.5 Å². The quantitative estimate of drug-likeness (QED) is 0.0404. The van der Waals surface area contributed by atoms with E-state index in [2.05, 4.69) is 20.6 Å². The zero-order valence-corrected chi connectivity index (χ0v) is 46.3. The van der Waals surface area contributed by atoms with E-state index in [1.54, 1.807) is 46.0 Å². The standard InChI is InChI=1S/C56H59F7N8O7S2/c1-33-45(80-32-67-33)35-15-13-34(14-16-35)30-65-48(73)42-12-10-23-69(42)50(74)46(53(2,3)4)68-47(72)36-17-20-39(21-18-36)77-27-11-25-76-24-8-7-9-26-78-49-40(55(58,59)60)28-38(31-66-49)71-52(79)70(51(75)54(71,5)6)41-22-19-37(29-64)43(44(41)57)56(61,62)63/h13-22,28,31-32,42,46H,7-12,23-27,30H2,1-6H3,(H,65,73)(H,68,72)/t42-,46+/m0/s1. The number of ether oxygens (including phenoxy) is 3. The number of unbranched alkanes of at least 4 members (excludes halogenated alkanes) is 2. The molecule has 5 aromatic rings. The number of rotatable bonds is 21. The molecule has 0 radical (unpaired) electrons. The first-order chi connectivity index (χ1) is 37.7. The van der Waals surface area contributed by atoms with Gasteiger partial charge >= 0.3 is 12.4 Å². The Balaban J connectivity index is 0.815. The van der Waals surface area contributed by atoms with E-state index in [0.29, 0.717) is 99.8 Å². The van der Waals surface area contributed by atoms with Crippen LogP contribution in [0.1, 0.15) is 111 Å². The van der Waals surface area contributed by atoms with E-state index in [1.807, 2.05) is 52.0 Å². The number of nitriles is 1. The van der Waals surface area contributed by atoms with Gasteiger partial charge in [0.25, 0.3) is 11.8 Å². The number of carbonyl (C=O) groups excluding carboxylic acids is 4. The number of likely N-dealkylation sites (tertiary alicyclic amines) is 1. The van der Waals surface area contributed by atoms with E-state index in [9.17, 15) is 45.5 Å². The summed E-state index contributed by atoms with van der Waals surface area (Å²) in [5.41, 5.74) is -3.05. The number of benzene rings is 3. The molecule has 0 bridgehead atoms. The zero-order valence-electron chi connectivity index (χ0n) is 44.6. The number of thiazole rings is 1. The molecule has 3 aromatic carbocycles. The first kappa shape index (κ1) is 60.4. The Morgan fingerprint density at radius 3 is 2.21 bits per heavy atom. The topological polar surface area (TPSA) is 179 Å². The second-order valence-corrected chi connectivity index (χ2v) is 21.9. The molecular formula is C56H59F7N8O7S2. The predicted molar refractivity (Wildman–Crippen MR) is 288 cm³/mol. The monoisotopic (exact) mass is 1150 g/mol. The van der Waals surface area contributed by atoms with E-state index in [4.69, 9.17) is 31.7 Å². The van der Waals surface area contributed by atoms with Crippen molar-refractivity contribution < 1.29 is 64.1 Å². The number of thiocarbonyl (C=S) groups is 1. The molecule has 2 fully saturated rings. The van der Waals surface area contributed by atoms with Gasteiger partial charge in [0.1, 0.15) is 34.5 Å². The maximum absolute atomic E-state index is 15.4. The molecule has 24 heteroatoms. The number of aryl methyl sites for hydroxylation is 1. The summed E-state index contributed by atoms with van der Waals surface area (Å²) in [5.74, 6) is -4.30. The molecule has 0 spiro atoms. The van der Waals surface area contributed by atoms with Crippen LogP contribution in [0, 0.1) is 29.5 Å². The highest BCUT2D eigenvalue weighted by Crippen LogP contribution is 2.44. The molecule has 426 valence electrons. The molecule has 2 saturated heterocycles. The number of carbonyl (C=O) groups is 4. The summed E-state index contributed by atoms with van der Waals surface area (Å²) in [6.45, 7) is 11.5. The number of anilines is 2. The van der Waals surface area contributed by atoms with Gasteiger partial charge < -0.3 is 34.6 Å². The first-order valence-corrected chi connectivity index (χ1v) is 26.9. The van der Waals surface area contributed by atoms with Crippen LogP contribution in [-0.4, -0.2) is 94.2 Å². The fourth-order valence-electron chi connectivity index (χ4n) is 9.23. The molecule has 0 unspecified atom stereocenters. The average molecular weight is 1150 g/mol. The average Bonchev–Trinajstić information content (AvgIpc) is 4.34. The van der Waals surface area contributed by atoms with Crippen molar-refractivity contribution in [2.75, 3.05) is 42.8 Å². The Hall–Kier alpha value is -7.23. The third-order valence-corrected chi connectivity index (χ3v) is 14.8. The maximum Gasteiger partial charge on any atom is 0.421 e. The largest absolute Gasteiger partial charge is 0.494 e. The van der Waals surface area contributed by atoms with Crippen LogP contribution in [0.25, 0.3) is 10.4 Å². The lowest BCUT2D eigenvalue weighted by Gasteiger charge is -2.35. The van der Waals surface area contributed by atoms with Gasteiger partial charge in [-0.1, -0.05) is 45.0 Å². The summed E-state index contributed by atoms with van der Waals surface area (Å²) >= 11 is 6.92. The highest BCUT2D eigenvalue weighted by molar-refractivity contribution is 7.81. The van der Waals surface area contributed by atoms with Crippen molar-refractivity contribution in [1.29, 1.82) is 5.26 Å². The van der Waals surface area contributed by atoms with Crippen molar-refractivity contribution in [2.45, 2.75) is 117 Å². The lowest BCUT2D eigenvalue weighted by Crippen LogP contribution is -2.57. The molecule has 2 atom stereocenters. The number of hydrogen-bond donors (Lipinski definition) is 2. The van der Waals surface area contributed by atoms with Gasteiger partial charge in [-0.3, -0.25) is 24.1 Å². The van der Waals surface area contributed by atoms with Gasteiger partial charge in [-0.2, -0.15) is 31.6 Å². The van der Waals surface area contributed by atoms with Crippen LogP contribution >= 0.6 is 23.6 Å². The second-order valence-electron chi connectivity index (χ2n) is 20.7. The number of nitrogens with one attached hydrogen (secondary N) is 2. The Bertz CT molecular complexity index is 3120. The molecule has 0 aliphatic carbocycles. The van der Waals surface area contributed by atoms with Crippen LogP contribution < -0.4 is 29.9 Å². The van der Waals surface area contributed by atoms with Crippen LogP contribution in [-0.2, 0) is 38.0 Å². The minimum atomic E-state index is -5.32. The normalized spacial score (nSPS) is 15.9. The van der Waals surface area contributed by atoms with Gasteiger partial charge in [0.05, 0.1) is 58.5 Å². The van der Waals surface area contributed by atoms with Gasteiger partial charge in [-0.05, 0) is 124 Å². The number of alkyl halides is 6. The Morgan fingerprint density at radius 1 is 0.900 bits per heavy atom. The minimum Gasteiger partial charge on any atom is -0.494 e. The number of pyridine rings is 1. The van der Waals surface area contributed by atoms with Crippen molar-refractivity contribution in [2.24, 2.45) is 5.41 Å². The van der Waals surface area contributed by atoms with E-state index in [-0.39, 0.29) is 24.1 Å². The molecule has 80 heavy (non-hydrogen) atoms. The van der Waals surface area contributed by atoms with Crippen molar-refractivity contribution in [3.05, 3.63) is 118 Å². The molecule has 7 rings (SSSR count). The lowest BCUT2D eigenvalue weighted by molar-refractivity contribution is -0.142. The summed E-state index contributed by atoms with van der Waals surface area (Å²) < 4.78 is 117. The fourth-order valence-corrected chi connectivity index (χ4v) is 10.6. The summed E-state index contributed by atoms with van der Waals surface area (Å²) in [4.78, 5) is 66.9. The van der Waals surface area contributed by atoms with Crippen LogP contribution in [0.5, 0.6) is 11.6 Å². The van der Waals surface area contributed by atoms with E-state index >= 15 is 4.39 Å². The lowest BCUT2D eigenvalue weighted by atomic mass is 9.85. The van der Waals surface area contributed by atoms with Gasteiger partial charge in [0.2, 0.25) is 17.7 Å². The molecule has 2 aliphatic rings. The predicted octanol–water partition coefficient (Wildman–Crippen LogP) is 11.0. The highest BCUT2D eigenvalue weighted by Gasteiger charge is 2.53. The van der Waals surface area contributed by atoms with Crippen molar-refractivity contribution in [3.8, 4) is 28.1 Å². The Kier molecular flexibility index (Phi) is 18.9. The van der Waals surface area contributed by atoms with E-state index in [1.165, 1.54) is 19.9 Å². The fraction of sp³-hybridized carbons (Fsp3) is 0.429. The van der Waals surface area contributed by atoms with Gasteiger partial charge in [-0.25, -0.2) is 14.4 Å². The van der Waals surface area contributed by atoms with Crippen molar-refractivity contribution >= 4 is 63.7 Å². The van der Waals surface area contributed by atoms with E-state index in [0.717, 1.165) is 38.9 Å². The van der Waals surface area contributed by atoms with Gasteiger partial charge in [0.15, 0.2) is 10.9 Å². The highest BCUT2D eigenvalue weighted by atomic mass is 32.1. The molecule has 4 amide bonds. The molecule has 2 aliphatic heterocycles. The number of halogens is 7. The second kappa shape index (κ2) is 25.1. The van der Waals surface area contributed by atoms with Crippen LogP contribution in [0.3, 0.4) is 0 Å². The third kappa shape index (κ3) is 13.8. The first-order valence-electron chi connectivity index (χ1n) is 25.6. The smallest absolute Gasteiger partial charge is 0.421 e. The zero-order chi connectivity index (χ0) is 58.3. The molecule has 0 saturated carbocycles. The van der Waals surface area contributed by atoms with Gasteiger partial charge in [-0.15, -0.1) is 11.3 Å².